The largest absolute Gasteiger partial charge is 0.492 e. The Morgan fingerprint density at radius 1 is 1.02 bits per heavy atom. The van der Waals surface area contributed by atoms with Crippen molar-refractivity contribution in [3.05, 3.63) is 107 Å². The Balaban J connectivity index is 1.47. The fraction of sp³-hybridized carbons (Fsp3) is 0.342. The number of carbonyl (C=O) groups excluding carboxylic acids is 1. The maximum atomic E-state index is 14.4. The number of fused-ring (bicyclic) bond motifs is 1. The lowest BCUT2D eigenvalue weighted by Gasteiger charge is -2.23. The van der Waals surface area contributed by atoms with E-state index in [4.69, 9.17) is 9.47 Å². The minimum Gasteiger partial charge on any atom is -0.492 e. The summed E-state index contributed by atoms with van der Waals surface area (Å²) in [6.07, 6.45) is -0.647. The molecule has 1 unspecified atom stereocenters. The van der Waals surface area contributed by atoms with Crippen LogP contribution in [0.4, 0.5) is 18.0 Å². The zero-order chi connectivity index (χ0) is 35.8. The standard InChI is InChI=1S/C38H41F3N4O5/c1-4-30(26-11-6-5-7-12-26)35(27-15-18-29(19-16-27)49-24-22-44(37(47)48)21-10-13-33(46)43(2)3)28-17-20-32-31(25-28)36(38(39,40)41)42-45(32)34-14-8-9-23-50-34/h5-7,10-13,15-20,25,34H,4,8-9,14,21-24H2,1-3H3,(H,47,48)/b13-10+,35-30+. The average Bonchev–Trinajstić information content (AvgIpc) is 3.50. The maximum Gasteiger partial charge on any atom is 0.435 e. The number of likely N-dealkylation sites (N-methyl/N-ethyl adjacent to an activating group) is 1. The van der Waals surface area contributed by atoms with Crippen molar-refractivity contribution in [1.82, 2.24) is 19.6 Å². The number of allylic oxidation sites excluding steroid dienone is 1. The first-order valence-corrected chi connectivity index (χ1v) is 16.6. The van der Waals surface area contributed by atoms with Gasteiger partial charge in [0.1, 0.15) is 12.4 Å². The number of alkyl halides is 3. The predicted molar refractivity (Wildman–Crippen MR) is 186 cm³/mol. The molecule has 0 radical (unpaired) electrons. The molecule has 0 saturated carbocycles. The highest BCUT2D eigenvalue weighted by Gasteiger charge is 2.38. The van der Waals surface area contributed by atoms with Gasteiger partial charge in [0.15, 0.2) is 11.9 Å². The fourth-order valence-corrected chi connectivity index (χ4v) is 6.01. The Bertz CT molecular complexity index is 1840. The van der Waals surface area contributed by atoms with E-state index < -0.39 is 24.2 Å². The third kappa shape index (κ3) is 8.54. The van der Waals surface area contributed by atoms with E-state index in [1.165, 1.54) is 21.7 Å². The van der Waals surface area contributed by atoms with Crippen molar-refractivity contribution in [2.75, 3.05) is 40.4 Å². The first-order valence-electron chi connectivity index (χ1n) is 16.6. The average molecular weight is 691 g/mol. The molecule has 1 fully saturated rings. The van der Waals surface area contributed by atoms with Crippen molar-refractivity contribution in [2.45, 2.75) is 45.0 Å². The number of hydrogen-bond donors (Lipinski definition) is 1. The van der Waals surface area contributed by atoms with Gasteiger partial charge < -0.3 is 24.4 Å². The third-order valence-electron chi connectivity index (χ3n) is 8.54. The number of carbonyl (C=O) groups is 2. The lowest BCUT2D eigenvalue weighted by atomic mass is 9.87. The number of rotatable bonds is 12. The summed E-state index contributed by atoms with van der Waals surface area (Å²) in [6.45, 7) is 2.65. The fourth-order valence-electron chi connectivity index (χ4n) is 6.01. The molecule has 264 valence electrons. The smallest absolute Gasteiger partial charge is 0.435 e. The monoisotopic (exact) mass is 690 g/mol. The second-order valence-electron chi connectivity index (χ2n) is 12.2. The lowest BCUT2D eigenvalue weighted by molar-refractivity contribution is -0.141. The van der Waals surface area contributed by atoms with Gasteiger partial charge in [0.25, 0.3) is 0 Å². The summed E-state index contributed by atoms with van der Waals surface area (Å²) in [5.41, 5.74) is 3.48. The summed E-state index contributed by atoms with van der Waals surface area (Å²) in [7, 11) is 3.21. The van der Waals surface area contributed by atoms with E-state index in [-0.39, 0.29) is 31.0 Å². The number of aromatic nitrogens is 2. The van der Waals surface area contributed by atoms with Gasteiger partial charge in [0.05, 0.1) is 12.1 Å². The Morgan fingerprint density at radius 3 is 2.36 bits per heavy atom. The predicted octanol–water partition coefficient (Wildman–Crippen LogP) is 8.13. The van der Waals surface area contributed by atoms with Crippen LogP contribution in [-0.4, -0.2) is 77.1 Å². The maximum absolute atomic E-state index is 14.4. The molecular weight excluding hydrogens is 649 g/mol. The third-order valence-corrected chi connectivity index (χ3v) is 8.54. The molecule has 12 heteroatoms. The Hall–Kier alpha value is -5.10. The molecule has 9 nitrogen and oxygen atoms in total. The number of nitrogens with zero attached hydrogens (tertiary/aromatic N) is 4. The summed E-state index contributed by atoms with van der Waals surface area (Å²) in [5, 5.41) is 13.6. The molecule has 1 N–H and O–H groups in total. The number of hydrogen-bond acceptors (Lipinski definition) is 5. The molecular formula is C38H41F3N4O5. The van der Waals surface area contributed by atoms with Crippen molar-refractivity contribution < 1.29 is 37.3 Å². The van der Waals surface area contributed by atoms with Crippen LogP contribution < -0.4 is 4.74 Å². The van der Waals surface area contributed by atoms with Crippen LogP contribution in [0, 0.1) is 0 Å². The quantitative estimate of drug-likeness (QED) is 0.119. The number of benzene rings is 3. The van der Waals surface area contributed by atoms with E-state index in [1.807, 2.05) is 55.5 Å². The highest BCUT2D eigenvalue weighted by Crippen LogP contribution is 2.40. The summed E-state index contributed by atoms with van der Waals surface area (Å²) < 4.78 is 56.3. The minimum atomic E-state index is -4.66. The molecule has 2 amide bonds. The van der Waals surface area contributed by atoms with Gasteiger partial charge >= 0.3 is 12.3 Å². The lowest BCUT2D eigenvalue weighted by Crippen LogP contribution is -2.33. The molecule has 1 saturated heterocycles. The second-order valence-corrected chi connectivity index (χ2v) is 12.2. The molecule has 4 aromatic rings. The van der Waals surface area contributed by atoms with Crippen LogP contribution in [0.2, 0.25) is 0 Å². The minimum absolute atomic E-state index is 0.00838. The van der Waals surface area contributed by atoms with E-state index in [0.717, 1.165) is 40.0 Å². The summed E-state index contributed by atoms with van der Waals surface area (Å²) in [6, 6.07) is 22.0. The van der Waals surface area contributed by atoms with Crippen molar-refractivity contribution in [1.29, 1.82) is 0 Å². The van der Waals surface area contributed by atoms with Crippen molar-refractivity contribution in [3.63, 3.8) is 0 Å². The van der Waals surface area contributed by atoms with Gasteiger partial charge in [-0.05, 0) is 77.8 Å². The topological polar surface area (TPSA) is 97.1 Å². The molecule has 3 aromatic carbocycles. The van der Waals surface area contributed by atoms with Gasteiger partial charge in [0.2, 0.25) is 5.91 Å². The van der Waals surface area contributed by atoms with E-state index in [2.05, 4.69) is 5.10 Å². The Kier molecular flexibility index (Phi) is 11.6. The first kappa shape index (κ1) is 36.2. The highest BCUT2D eigenvalue weighted by molar-refractivity contribution is 6.01. The van der Waals surface area contributed by atoms with Crippen LogP contribution in [0.25, 0.3) is 22.0 Å². The first-order chi connectivity index (χ1) is 24.0. The second kappa shape index (κ2) is 16.1. The molecule has 0 bridgehead atoms. The molecule has 0 spiro atoms. The van der Waals surface area contributed by atoms with Crippen LogP contribution >= 0.6 is 0 Å². The van der Waals surface area contributed by atoms with Crippen molar-refractivity contribution >= 4 is 34.0 Å². The van der Waals surface area contributed by atoms with Crippen molar-refractivity contribution in [2.24, 2.45) is 0 Å². The molecule has 2 heterocycles. The summed E-state index contributed by atoms with van der Waals surface area (Å²) in [5.74, 6) is 0.251. The van der Waals surface area contributed by atoms with Crippen molar-refractivity contribution in [3.8, 4) is 5.75 Å². The molecule has 1 aliphatic heterocycles. The zero-order valence-electron chi connectivity index (χ0n) is 28.3. The van der Waals surface area contributed by atoms with E-state index in [1.54, 1.807) is 38.4 Å². The van der Waals surface area contributed by atoms with Gasteiger partial charge in [0, 0.05) is 38.7 Å². The van der Waals surface area contributed by atoms with Gasteiger partial charge in [-0.1, -0.05) is 61.5 Å². The number of halogens is 3. The molecule has 50 heavy (non-hydrogen) atoms. The number of ether oxygens (including phenoxy) is 2. The Morgan fingerprint density at radius 2 is 1.74 bits per heavy atom. The van der Waals surface area contributed by atoms with Crippen LogP contribution in [0.1, 0.15) is 61.2 Å². The van der Waals surface area contributed by atoms with Crippen LogP contribution in [-0.2, 0) is 15.7 Å². The molecule has 1 atom stereocenters. The van der Waals surface area contributed by atoms with Gasteiger partial charge in [-0.15, -0.1) is 0 Å². The molecule has 0 aliphatic carbocycles. The van der Waals surface area contributed by atoms with Gasteiger partial charge in [-0.3, -0.25) is 4.79 Å². The van der Waals surface area contributed by atoms with E-state index in [0.29, 0.717) is 36.3 Å². The SMILES string of the molecule is CC/C(=C(/c1ccc(OCCN(C/C=C/C(=O)N(C)C)C(=O)O)cc1)c1ccc2c(c1)c(C(F)(F)F)nn2C1CCCCO1)c1ccccc1. The summed E-state index contributed by atoms with van der Waals surface area (Å²) >= 11 is 0. The van der Waals surface area contributed by atoms with E-state index >= 15 is 0 Å². The molecule has 5 rings (SSSR count). The Labute approximate surface area is 289 Å². The molecule has 1 aromatic heterocycles. The van der Waals surface area contributed by atoms with E-state index in [9.17, 15) is 27.9 Å². The van der Waals surface area contributed by atoms with Crippen LogP contribution in [0.5, 0.6) is 5.75 Å². The van der Waals surface area contributed by atoms with Crippen LogP contribution in [0.3, 0.4) is 0 Å². The van der Waals surface area contributed by atoms with Gasteiger partial charge in [-0.2, -0.15) is 18.3 Å². The van der Waals surface area contributed by atoms with Gasteiger partial charge in [-0.25, -0.2) is 9.48 Å². The number of amides is 2. The molecule has 1 aliphatic rings. The zero-order valence-corrected chi connectivity index (χ0v) is 28.3. The van der Waals surface area contributed by atoms with Crippen LogP contribution in [0.15, 0.2) is 84.9 Å². The number of carboxylic acid groups (broad SMARTS) is 1. The summed E-state index contributed by atoms with van der Waals surface area (Å²) in [4.78, 5) is 26.0. The normalized spacial score (nSPS) is 15.6. The highest BCUT2D eigenvalue weighted by atomic mass is 19.4.